The van der Waals surface area contributed by atoms with Gasteiger partial charge in [-0.2, -0.15) is 0 Å². The first kappa shape index (κ1) is 27.5. The summed E-state index contributed by atoms with van der Waals surface area (Å²) in [7, 11) is 0. The first-order valence-corrected chi connectivity index (χ1v) is 13.8. The number of halogens is 1. The molecule has 0 spiro atoms. The smallest absolute Gasteiger partial charge is 0.248 e. The van der Waals surface area contributed by atoms with Gasteiger partial charge in [0.2, 0.25) is 5.91 Å². The van der Waals surface area contributed by atoms with Gasteiger partial charge in [-0.3, -0.25) is 9.78 Å². The van der Waals surface area contributed by atoms with Crippen molar-refractivity contribution in [2.45, 2.75) is 19.4 Å². The number of primary amides is 1. The van der Waals surface area contributed by atoms with Crippen molar-refractivity contribution in [1.82, 2.24) is 15.3 Å². The summed E-state index contributed by atoms with van der Waals surface area (Å²) in [6, 6.07) is 23.7. The molecule has 204 valence electrons. The zero-order valence-corrected chi connectivity index (χ0v) is 23.0. The molecule has 4 N–H and O–H groups in total. The number of amides is 1. The summed E-state index contributed by atoms with van der Waals surface area (Å²) < 4.78 is 5.82. The van der Waals surface area contributed by atoms with Crippen molar-refractivity contribution >= 4 is 45.0 Å². The molecule has 0 aliphatic carbocycles. The number of pyridine rings is 2. The standard InChI is InChI=1S/C32H32ClN5O2/c33-29-18-22(8-10-25(29)23-6-2-1-3-7-23)20-35-13-4-16-40-17-5-14-37-32-27-12-15-36-21-28(27)26-11-9-24(31(34)39)19-30(26)38-32/h1-3,6-12,15,18-19,21,35H,4-5,13-14,16-17,20H2,(H2,34,39)(H,37,38). The summed E-state index contributed by atoms with van der Waals surface area (Å²) in [5.74, 6) is 0.284. The summed E-state index contributed by atoms with van der Waals surface area (Å²) in [5, 5.41) is 10.5. The van der Waals surface area contributed by atoms with E-state index in [4.69, 9.17) is 27.1 Å². The fraction of sp³-hybridized carbons (Fsp3) is 0.219. The van der Waals surface area contributed by atoms with E-state index in [1.54, 1.807) is 18.3 Å². The second-order valence-corrected chi connectivity index (χ2v) is 9.99. The Morgan fingerprint density at radius 3 is 2.52 bits per heavy atom. The van der Waals surface area contributed by atoms with E-state index in [0.717, 1.165) is 69.6 Å². The highest BCUT2D eigenvalue weighted by molar-refractivity contribution is 6.33. The zero-order chi connectivity index (χ0) is 27.7. The van der Waals surface area contributed by atoms with Crippen LogP contribution in [0.2, 0.25) is 5.02 Å². The Hall–Kier alpha value is -4.04. The molecule has 1 amide bonds. The molecule has 40 heavy (non-hydrogen) atoms. The van der Waals surface area contributed by atoms with Gasteiger partial charge in [0.25, 0.3) is 0 Å². The molecule has 0 unspecified atom stereocenters. The molecule has 3 aromatic carbocycles. The maximum absolute atomic E-state index is 11.6. The Morgan fingerprint density at radius 2 is 1.73 bits per heavy atom. The van der Waals surface area contributed by atoms with Crippen LogP contribution in [0.3, 0.4) is 0 Å². The predicted molar refractivity (Wildman–Crippen MR) is 163 cm³/mol. The number of nitrogens with one attached hydrogen (secondary N) is 2. The van der Waals surface area contributed by atoms with Crippen LogP contribution < -0.4 is 16.4 Å². The Bertz CT molecular complexity index is 1610. The Kier molecular flexibility index (Phi) is 9.18. The lowest BCUT2D eigenvalue weighted by Gasteiger charge is -2.12. The second kappa shape index (κ2) is 13.3. The lowest BCUT2D eigenvalue weighted by Crippen LogP contribution is -2.16. The molecule has 0 fully saturated rings. The SMILES string of the molecule is NC(=O)c1ccc2c(c1)nc(NCCCOCCCNCc1ccc(-c3ccccc3)c(Cl)c1)c1ccncc12. The number of benzene rings is 3. The van der Waals surface area contributed by atoms with Crippen LogP contribution in [0.1, 0.15) is 28.8 Å². The fourth-order valence-corrected chi connectivity index (χ4v) is 4.98. The molecule has 8 heteroatoms. The van der Waals surface area contributed by atoms with Gasteiger partial charge in [-0.05, 0) is 54.8 Å². The monoisotopic (exact) mass is 553 g/mol. The second-order valence-electron chi connectivity index (χ2n) is 9.58. The van der Waals surface area contributed by atoms with Gasteiger partial charge >= 0.3 is 0 Å². The number of hydrogen-bond acceptors (Lipinski definition) is 6. The van der Waals surface area contributed by atoms with Gasteiger partial charge in [-0.25, -0.2) is 4.98 Å². The van der Waals surface area contributed by atoms with Crippen LogP contribution in [-0.4, -0.2) is 42.2 Å². The van der Waals surface area contributed by atoms with Gasteiger partial charge < -0.3 is 21.1 Å². The van der Waals surface area contributed by atoms with Gasteiger partial charge in [0.1, 0.15) is 5.82 Å². The van der Waals surface area contributed by atoms with Crippen molar-refractivity contribution in [3.05, 3.63) is 101 Å². The van der Waals surface area contributed by atoms with Gasteiger partial charge in [0.05, 0.1) is 5.52 Å². The highest BCUT2D eigenvalue weighted by atomic mass is 35.5. The maximum atomic E-state index is 11.6. The molecule has 0 atom stereocenters. The molecule has 0 bridgehead atoms. The number of nitrogens with zero attached hydrogens (tertiary/aromatic N) is 2. The normalized spacial score (nSPS) is 11.2. The number of aromatic nitrogens is 2. The maximum Gasteiger partial charge on any atom is 0.248 e. The van der Waals surface area contributed by atoms with Crippen molar-refractivity contribution in [2.24, 2.45) is 5.73 Å². The van der Waals surface area contributed by atoms with Crippen LogP contribution in [0.4, 0.5) is 5.82 Å². The number of hydrogen-bond donors (Lipinski definition) is 3. The van der Waals surface area contributed by atoms with E-state index in [-0.39, 0.29) is 0 Å². The van der Waals surface area contributed by atoms with Crippen molar-refractivity contribution < 1.29 is 9.53 Å². The van der Waals surface area contributed by atoms with E-state index in [1.165, 1.54) is 0 Å². The molecular formula is C32H32ClN5O2. The quantitative estimate of drug-likeness (QED) is 0.118. The molecule has 5 rings (SSSR count). The molecular weight excluding hydrogens is 522 g/mol. The van der Waals surface area contributed by atoms with Crippen LogP contribution in [0.5, 0.6) is 0 Å². The van der Waals surface area contributed by atoms with E-state index >= 15 is 0 Å². The Morgan fingerprint density at radius 1 is 0.900 bits per heavy atom. The molecule has 0 saturated heterocycles. The average Bonchev–Trinajstić information content (AvgIpc) is 2.98. The topological polar surface area (TPSA) is 102 Å². The van der Waals surface area contributed by atoms with E-state index in [1.807, 2.05) is 42.6 Å². The molecule has 0 aliphatic heterocycles. The van der Waals surface area contributed by atoms with Crippen molar-refractivity contribution in [1.29, 1.82) is 0 Å². The van der Waals surface area contributed by atoms with Gasteiger partial charge in [-0.1, -0.05) is 60.1 Å². The summed E-state index contributed by atoms with van der Waals surface area (Å²) in [6.07, 6.45) is 5.34. The number of anilines is 1. The minimum atomic E-state index is -0.473. The lowest BCUT2D eigenvalue weighted by atomic mass is 10.0. The number of nitrogens with two attached hydrogens (primary N) is 1. The zero-order valence-electron chi connectivity index (χ0n) is 22.2. The van der Waals surface area contributed by atoms with Crippen LogP contribution in [-0.2, 0) is 11.3 Å². The van der Waals surface area contributed by atoms with E-state index < -0.39 is 5.91 Å². The highest BCUT2D eigenvalue weighted by Crippen LogP contribution is 2.30. The number of carbonyl (C=O) groups excluding carboxylic acids is 1. The molecule has 0 radical (unpaired) electrons. The molecule has 0 aliphatic rings. The van der Waals surface area contributed by atoms with Crippen molar-refractivity contribution in [3.8, 4) is 11.1 Å². The largest absolute Gasteiger partial charge is 0.381 e. The molecule has 2 heterocycles. The molecule has 7 nitrogen and oxygen atoms in total. The third kappa shape index (κ3) is 6.74. The third-order valence-electron chi connectivity index (χ3n) is 6.73. The number of fused-ring (bicyclic) bond motifs is 3. The number of ether oxygens (including phenoxy) is 1. The van der Waals surface area contributed by atoms with E-state index in [0.29, 0.717) is 30.8 Å². The van der Waals surface area contributed by atoms with Gasteiger partial charge in [0, 0.05) is 71.0 Å². The first-order valence-electron chi connectivity index (χ1n) is 13.4. The minimum Gasteiger partial charge on any atom is -0.381 e. The lowest BCUT2D eigenvalue weighted by molar-refractivity contribution is 0.100. The third-order valence-corrected chi connectivity index (χ3v) is 7.04. The minimum absolute atomic E-state index is 0.432. The Balaban J connectivity index is 1.02. The Labute approximate surface area is 238 Å². The van der Waals surface area contributed by atoms with Crippen LogP contribution in [0.25, 0.3) is 32.8 Å². The summed E-state index contributed by atoms with van der Waals surface area (Å²) >= 11 is 6.52. The van der Waals surface area contributed by atoms with E-state index in [9.17, 15) is 4.79 Å². The van der Waals surface area contributed by atoms with Crippen molar-refractivity contribution in [2.75, 3.05) is 31.6 Å². The van der Waals surface area contributed by atoms with Gasteiger partial charge in [0.15, 0.2) is 0 Å². The molecule has 5 aromatic rings. The number of rotatable bonds is 13. The fourth-order valence-electron chi connectivity index (χ4n) is 4.67. The van der Waals surface area contributed by atoms with Crippen LogP contribution in [0.15, 0.2) is 85.2 Å². The summed E-state index contributed by atoms with van der Waals surface area (Å²) in [4.78, 5) is 20.7. The summed E-state index contributed by atoms with van der Waals surface area (Å²) in [5.41, 5.74) is 9.93. The first-order chi connectivity index (χ1) is 19.6. The van der Waals surface area contributed by atoms with Crippen LogP contribution in [0, 0.1) is 0 Å². The predicted octanol–water partition coefficient (Wildman–Crippen LogP) is 6.20. The van der Waals surface area contributed by atoms with Gasteiger partial charge in [-0.15, -0.1) is 0 Å². The molecule has 2 aromatic heterocycles. The average molecular weight is 554 g/mol. The van der Waals surface area contributed by atoms with Crippen LogP contribution >= 0.6 is 11.6 Å². The van der Waals surface area contributed by atoms with E-state index in [2.05, 4.69) is 39.9 Å². The number of carbonyl (C=O) groups is 1. The highest BCUT2D eigenvalue weighted by Gasteiger charge is 2.10. The summed E-state index contributed by atoms with van der Waals surface area (Å²) in [6.45, 7) is 3.69. The molecule has 0 saturated carbocycles. The van der Waals surface area contributed by atoms with Crippen molar-refractivity contribution in [3.63, 3.8) is 0 Å².